The van der Waals surface area contributed by atoms with Crippen LogP contribution in [0.1, 0.15) is 31.8 Å². The minimum atomic E-state index is -0.484. The predicted molar refractivity (Wildman–Crippen MR) is 87.7 cm³/mol. The Morgan fingerprint density at radius 3 is 2.00 bits per heavy atom. The van der Waals surface area contributed by atoms with Gasteiger partial charge in [0, 0.05) is 29.4 Å². The molecule has 5 rings (SSSR count). The Labute approximate surface area is 138 Å². The van der Waals surface area contributed by atoms with Crippen LogP contribution in [-0.2, 0) is 4.74 Å². The van der Waals surface area contributed by atoms with E-state index in [-0.39, 0.29) is 11.8 Å². The van der Waals surface area contributed by atoms with E-state index in [0.29, 0.717) is 17.7 Å². The van der Waals surface area contributed by atoms with Crippen LogP contribution in [0.25, 0.3) is 11.4 Å². The summed E-state index contributed by atoms with van der Waals surface area (Å²) in [4.78, 5) is 29.1. The topological polar surface area (TPSA) is 49.9 Å². The molecule has 0 radical (unpaired) electrons. The Hall–Kier alpha value is -2.92. The molecule has 0 bridgehead atoms. The molecule has 2 aromatic rings. The number of benzene rings is 2. The van der Waals surface area contributed by atoms with Crippen molar-refractivity contribution in [3.63, 3.8) is 0 Å². The molecule has 0 aliphatic carbocycles. The van der Waals surface area contributed by atoms with Crippen LogP contribution in [0.2, 0.25) is 0 Å². The highest BCUT2D eigenvalue weighted by molar-refractivity contribution is 6.20. The summed E-state index contributed by atoms with van der Waals surface area (Å²) in [5.41, 5.74) is 4.64. The minimum absolute atomic E-state index is 0.0355. The Kier molecular flexibility index (Phi) is 2.56. The highest BCUT2D eigenvalue weighted by atomic mass is 16.5. The third-order valence-corrected chi connectivity index (χ3v) is 4.92. The normalized spacial score (nSPS) is 21.0. The lowest BCUT2D eigenvalue weighted by molar-refractivity contribution is -0.00856. The zero-order chi connectivity index (χ0) is 16.4. The summed E-state index contributed by atoms with van der Waals surface area (Å²) in [6.45, 7) is 0.336. The number of methoxy groups -OCH3 is 1. The van der Waals surface area contributed by atoms with Crippen molar-refractivity contribution in [3.05, 3.63) is 70.8 Å². The van der Waals surface area contributed by atoms with E-state index in [1.165, 1.54) is 0 Å². The second-order valence-corrected chi connectivity index (χ2v) is 6.07. The van der Waals surface area contributed by atoms with E-state index in [0.717, 1.165) is 22.5 Å². The van der Waals surface area contributed by atoms with E-state index in [4.69, 9.17) is 4.74 Å². The molecule has 0 spiro atoms. The third-order valence-electron chi connectivity index (χ3n) is 4.92. The van der Waals surface area contributed by atoms with Gasteiger partial charge in [-0.2, -0.15) is 0 Å². The van der Waals surface area contributed by atoms with Gasteiger partial charge in [-0.25, -0.2) is 0 Å². The van der Waals surface area contributed by atoms with Gasteiger partial charge in [0.05, 0.1) is 17.9 Å². The maximum atomic E-state index is 12.9. The molecule has 1 unspecified atom stereocenters. The van der Waals surface area contributed by atoms with Crippen molar-refractivity contribution in [2.45, 2.75) is 6.23 Å². The van der Waals surface area contributed by atoms with E-state index in [1.54, 1.807) is 16.9 Å². The summed E-state index contributed by atoms with van der Waals surface area (Å²) in [7, 11) is 1.57. The number of ether oxygens (including phenoxy) is 1. The van der Waals surface area contributed by atoms with E-state index >= 15 is 0 Å². The summed E-state index contributed by atoms with van der Waals surface area (Å²) in [5.74, 6) is -0.108. The van der Waals surface area contributed by atoms with Crippen LogP contribution in [0.5, 0.6) is 0 Å². The van der Waals surface area contributed by atoms with Crippen LogP contribution in [0, 0.1) is 0 Å². The van der Waals surface area contributed by atoms with Crippen LogP contribution in [0.15, 0.2) is 48.5 Å². The zero-order valence-corrected chi connectivity index (χ0v) is 13.0. The average molecular weight is 318 g/mol. The number of fused-ring (bicyclic) bond motifs is 6. The summed E-state index contributed by atoms with van der Waals surface area (Å²) in [6, 6.07) is 15.1. The fraction of sp³-hybridized carbons (Fsp3) is 0.158. The van der Waals surface area contributed by atoms with Gasteiger partial charge in [-0.1, -0.05) is 36.4 Å². The van der Waals surface area contributed by atoms with Crippen LogP contribution >= 0.6 is 0 Å². The van der Waals surface area contributed by atoms with Gasteiger partial charge in [-0.15, -0.1) is 0 Å². The first-order valence-electron chi connectivity index (χ1n) is 7.83. The van der Waals surface area contributed by atoms with Crippen molar-refractivity contribution < 1.29 is 14.3 Å². The first kappa shape index (κ1) is 13.5. The van der Waals surface area contributed by atoms with E-state index in [2.05, 4.69) is 0 Å². The summed E-state index contributed by atoms with van der Waals surface area (Å²) in [6.07, 6.45) is -0.484. The van der Waals surface area contributed by atoms with Crippen molar-refractivity contribution in [1.82, 2.24) is 9.80 Å². The van der Waals surface area contributed by atoms with Crippen molar-refractivity contribution in [2.75, 3.05) is 13.7 Å². The second kappa shape index (κ2) is 4.55. The van der Waals surface area contributed by atoms with Gasteiger partial charge in [0.1, 0.15) is 0 Å². The van der Waals surface area contributed by atoms with Gasteiger partial charge in [-0.05, 0) is 12.1 Å². The molecule has 0 fully saturated rings. The van der Waals surface area contributed by atoms with Gasteiger partial charge in [-0.3, -0.25) is 14.5 Å². The molecule has 5 heteroatoms. The summed E-state index contributed by atoms with van der Waals surface area (Å²) >= 11 is 0. The van der Waals surface area contributed by atoms with Crippen LogP contribution < -0.4 is 0 Å². The molecule has 3 aliphatic heterocycles. The lowest BCUT2D eigenvalue weighted by Crippen LogP contribution is -2.48. The molecule has 2 amide bonds. The minimum Gasteiger partial charge on any atom is -0.359 e. The number of rotatable bonds is 1. The molecule has 3 aliphatic rings. The first-order valence-corrected chi connectivity index (χ1v) is 7.83. The van der Waals surface area contributed by atoms with Gasteiger partial charge in [0.2, 0.25) is 0 Å². The van der Waals surface area contributed by atoms with Crippen LogP contribution in [-0.4, -0.2) is 41.5 Å². The molecule has 2 aromatic carbocycles. The maximum Gasteiger partial charge on any atom is 0.261 e. The Morgan fingerprint density at radius 1 is 0.833 bits per heavy atom. The number of nitrogens with zero attached hydrogens (tertiary/aromatic N) is 2. The molecular formula is C19H14N2O3. The molecule has 24 heavy (non-hydrogen) atoms. The van der Waals surface area contributed by atoms with Gasteiger partial charge >= 0.3 is 0 Å². The van der Waals surface area contributed by atoms with Crippen molar-refractivity contribution in [1.29, 1.82) is 0 Å². The quantitative estimate of drug-likeness (QED) is 0.811. The number of hydrogen-bond donors (Lipinski definition) is 0. The Bertz CT molecular complexity index is 947. The van der Waals surface area contributed by atoms with Crippen molar-refractivity contribution >= 4 is 23.2 Å². The molecule has 0 saturated heterocycles. The summed E-state index contributed by atoms with van der Waals surface area (Å²) < 4.78 is 5.54. The average Bonchev–Trinajstić information content (AvgIpc) is 3.08. The smallest absolute Gasteiger partial charge is 0.261 e. The molecule has 0 saturated carbocycles. The fourth-order valence-electron chi connectivity index (χ4n) is 3.87. The number of amides is 2. The van der Waals surface area contributed by atoms with Gasteiger partial charge < -0.3 is 9.64 Å². The van der Waals surface area contributed by atoms with E-state index in [9.17, 15) is 9.59 Å². The van der Waals surface area contributed by atoms with E-state index < -0.39 is 6.23 Å². The SMILES string of the molecule is COC1CN2C(=O)c3ccccc3C2=C2c3ccccc3C(=O)N21. The lowest BCUT2D eigenvalue weighted by atomic mass is 10.0. The van der Waals surface area contributed by atoms with Crippen LogP contribution in [0.4, 0.5) is 0 Å². The van der Waals surface area contributed by atoms with Crippen molar-refractivity contribution in [3.8, 4) is 0 Å². The zero-order valence-electron chi connectivity index (χ0n) is 13.0. The third kappa shape index (κ3) is 1.47. The molecule has 0 aromatic heterocycles. The molecule has 5 nitrogen and oxygen atoms in total. The fourth-order valence-corrected chi connectivity index (χ4v) is 3.87. The monoisotopic (exact) mass is 318 g/mol. The Balaban J connectivity index is 1.87. The van der Waals surface area contributed by atoms with Crippen LogP contribution in [0.3, 0.4) is 0 Å². The second-order valence-electron chi connectivity index (χ2n) is 6.07. The molecule has 118 valence electrons. The maximum absolute atomic E-state index is 12.9. The van der Waals surface area contributed by atoms with E-state index in [1.807, 2.05) is 48.5 Å². The van der Waals surface area contributed by atoms with Gasteiger partial charge in [0.25, 0.3) is 11.8 Å². The highest BCUT2D eigenvalue weighted by Gasteiger charge is 2.48. The largest absolute Gasteiger partial charge is 0.359 e. The molecular weight excluding hydrogens is 304 g/mol. The molecule has 0 N–H and O–H groups in total. The van der Waals surface area contributed by atoms with Crippen molar-refractivity contribution in [2.24, 2.45) is 0 Å². The number of carbonyl (C=O) groups is 2. The number of carbonyl (C=O) groups excluding carboxylic acids is 2. The first-order chi connectivity index (χ1) is 11.7. The molecule has 1 atom stereocenters. The lowest BCUT2D eigenvalue weighted by Gasteiger charge is -2.38. The molecule has 3 heterocycles. The number of hydrogen-bond acceptors (Lipinski definition) is 3. The standard InChI is InChI=1S/C19H14N2O3/c1-24-15-10-20-16(11-6-2-4-8-13(11)18(20)22)17-12-7-3-5-9-14(12)19(23)21(15)17/h2-9,15H,10H2,1H3. The summed E-state index contributed by atoms with van der Waals surface area (Å²) in [5, 5.41) is 0. The predicted octanol–water partition coefficient (Wildman–Crippen LogP) is 2.41. The highest BCUT2D eigenvalue weighted by Crippen LogP contribution is 2.47. The van der Waals surface area contributed by atoms with Gasteiger partial charge in [0.15, 0.2) is 6.23 Å². The Morgan fingerprint density at radius 2 is 1.38 bits per heavy atom.